The maximum atomic E-state index is 10.3. The van der Waals surface area contributed by atoms with Crippen LogP contribution in [0, 0.1) is 0 Å². The first kappa shape index (κ1) is 11.2. The van der Waals surface area contributed by atoms with Gasteiger partial charge >= 0.3 is 0 Å². The molecule has 1 N–H and O–H groups in total. The molecule has 0 spiro atoms. The molecule has 16 heavy (non-hydrogen) atoms. The van der Waals surface area contributed by atoms with Gasteiger partial charge in [-0.15, -0.1) is 11.8 Å². The van der Waals surface area contributed by atoms with Gasteiger partial charge in [0.1, 0.15) is 6.10 Å². The van der Waals surface area contributed by atoms with Gasteiger partial charge in [-0.1, -0.05) is 18.2 Å². The summed E-state index contributed by atoms with van der Waals surface area (Å²) in [5, 5.41) is 14.4. The molecule has 1 aromatic heterocycles. The monoisotopic (exact) mass is 234 g/mol. The van der Waals surface area contributed by atoms with E-state index >= 15 is 0 Å². The number of hydrogen-bond acceptors (Lipinski definition) is 3. The predicted molar refractivity (Wildman–Crippen MR) is 65.5 cm³/mol. The van der Waals surface area contributed by atoms with E-state index in [9.17, 15) is 5.11 Å². The second kappa shape index (κ2) is 4.72. The van der Waals surface area contributed by atoms with Crippen LogP contribution in [0.2, 0.25) is 0 Å². The SMILES string of the molecule is CSc1ccccc1C(O)c1ccnn1C. The minimum atomic E-state index is -0.615. The first-order valence-electron chi connectivity index (χ1n) is 5.03. The molecule has 1 aromatic carbocycles. The summed E-state index contributed by atoms with van der Waals surface area (Å²) in [6, 6.07) is 9.71. The highest BCUT2D eigenvalue weighted by Crippen LogP contribution is 2.29. The number of aromatic nitrogens is 2. The van der Waals surface area contributed by atoms with Crippen LogP contribution in [0.15, 0.2) is 41.4 Å². The van der Waals surface area contributed by atoms with E-state index < -0.39 is 6.10 Å². The fraction of sp³-hybridized carbons (Fsp3) is 0.250. The van der Waals surface area contributed by atoms with Gasteiger partial charge in [0.15, 0.2) is 0 Å². The summed E-state index contributed by atoms with van der Waals surface area (Å²) in [6.45, 7) is 0. The van der Waals surface area contributed by atoms with Gasteiger partial charge in [0.2, 0.25) is 0 Å². The number of rotatable bonds is 3. The Morgan fingerprint density at radius 2 is 2.06 bits per heavy atom. The fourth-order valence-electron chi connectivity index (χ4n) is 1.70. The third-order valence-electron chi connectivity index (χ3n) is 2.57. The highest BCUT2D eigenvalue weighted by atomic mass is 32.2. The molecule has 1 heterocycles. The average Bonchev–Trinajstić information content (AvgIpc) is 2.74. The van der Waals surface area contributed by atoms with Crippen molar-refractivity contribution < 1.29 is 5.11 Å². The van der Waals surface area contributed by atoms with Crippen LogP contribution in [0.4, 0.5) is 0 Å². The molecule has 0 fully saturated rings. The minimum Gasteiger partial charge on any atom is -0.382 e. The van der Waals surface area contributed by atoms with Gasteiger partial charge in [-0.2, -0.15) is 5.10 Å². The van der Waals surface area contributed by atoms with Crippen LogP contribution in [0.1, 0.15) is 17.4 Å². The summed E-state index contributed by atoms with van der Waals surface area (Å²) in [7, 11) is 1.83. The lowest BCUT2D eigenvalue weighted by atomic mass is 10.1. The number of aliphatic hydroxyl groups excluding tert-OH is 1. The Labute approximate surface area is 99.1 Å². The van der Waals surface area contributed by atoms with E-state index in [0.29, 0.717) is 0 Å². The summed E-state index contributed by atoms with van der Waals surface area (Å²) < 4.78 is 1.70. The van der Waals surface area contributed by atoms with Gasteiger partial charge in [-0.25, -0.2) is 0 Å². The molecule has 3 nitrogen and oxygen atoms in total. The summed E-state index contributed by atoms with van der Waals surface area (Å²) in [5.41, 5.74) is 1.74. The number of hydrogen-bond donors (Lipinski definition) is 1. The van der Waals surface area contributed by atoms with E-state index in [4.69, 9.17) is 0 Å². The zero-order valence-corrected chi connectivity index (χ0v) is 10.1. The van der Waals surface area contributed by atoms with Crippen LogP contribution in [0.3, 0.4) is 0 Å². The molecule has 2 rings (SSSR count). The van der Waals surface area contributed by atoms with Crippen molar-refractivity contribution in [2.45, 2.75) is 11.0 Å². The van der Waals surface area contributed by atoms with Crippen LogP contribution in [0.5, 0.6) is 0 Å². The Kier molecular flexibility index (Phi) is 3.31. The Bertz CT molecular complexity index is 481. The molecule has 84 valence electrons. The molecule has 0 amide bonds. The third kappa shape index (κ3) is 1.99. The second-order valence-corrected chi connectivity index (χ2v) is 4.37. The van der Waals surface area contributed by atoms with Crippen LogP contribution >= 0.6 is 11.8 Å². The molecular formula is C12H14N2OS. The molecule has 0 aliphatic rings. The maximum absolute atomic E-state index is 10.3. The first-order valence-corrected chi connectivity index (χ1v) is 6.25. The lowest BCUT2D eigenvalue weighted by Gasteiger charge is -2.14. The standard InChI is InChI=1S/C12H14N2OS/c1-14-10(7-8-13-14)12(15)9-5-3-4-6-11(9)16-2/h3-8,12,15H,1-2H3. The Morgan fingerprint density at radius 3 is 2.69 bits per heavy atom. The molecule has 0 bridgehead atoms. The smallest absolute Gasteiger partial charge is 0.122 e. The normalized spacial score (nSPS) is 12.7. The van der Waals surface area contributed by atoms with E-state index in [0.717, 1.165) is 16.2 Å². The number of aryl methyl sites for hydroxylation is 1. The first-order chi connectivity index (χ1) is 7.74. The molecule has 0 radical (unpaired) electrons. The van der Waals surface area contributed by atoms with Gasteiger partial charge in [0.25, 0.3) is 0 Å². The summed E-state index contributed by atoms with van der Waals surface area (Å²) in [5.74, 6) is 0. The Morgan fingerprint density at radius 1 is 1.31 bits per heavy atom. The van der Waals surface area contributed by atoms with Gasteiger partial charge < -0.3 is 5.11 Å². The summed E-state index contributed by atoms with van der Waals surface area (Å²) in [4.78, 5) is 1.09. The van der Waals surface area contributed by atoms with Gasteiger partial charge in [-0.3, -0.25) is 4.68 Å². The van der Waals surface area contributed by atoms with Crippen LogP contribution in [-0.2, 0) is 7.05 Å². The maximum Gasteiger partial charge on any atom is 0.122 e. The highest BCUT2D eigenvalue weighted by Gasteiger charge is 2.16. The van der Waals surface area contributed by atoms with Crippen molar-refractivity contribution in [3.05, 3.63) is 47.8 Å². The predicted octanol–water partition coefficient (Wildman–Crippen LogP) is 2.22. The number of thioether (sulfide) groups is 1. The minimum absolute atomic E-state index is 0.615. The van der Waals surface area contributed by atoms with Gasteiger partial charge in [-0.05, 0) is 18.4 Å². The molecule has 0 aliphatic heterocycles. The van der Waals surface area contributed by atoms with Crippen molar-refractivity contribution in [3.63, 3.8) is 0 Å². The lowest BCUT2D eigenvalue weighted by molar-refractivity contribution is 0.207. The average molecular weight is 234 g/mol. The van der Waals surface area contributed by atoms with E-state index in [1.54, 1.807) is 22.6 Å². The number of aliphatic hydroxyl groups is 1. The van der Waals surface area contributed by atoms with Crippen molar-refractivity contribution in [1.82, 2.24) is 9.78 Å². The molecule has 1 atom stereocenters. The van der Waals surface area contributed by atoms with Crippen molar-refractivity contribution in [2.75, 3.05) is 6.26 Å². The Balaban J connectivity index is 2.41. The number of benzene rings is 1. The molecule has 2 aromatic rings. The molecule has 0 saturated heterocycles. The molecular weight excluding hydrogens is 220 g/mol. The zero-order chi connectivity index (χ0) is 11.5. The Hall–Kier alpha value is -1.26. The van der Waals surface area contributed by atoms with E-state index in [1.165, 1.54) is 0 Å². The molecule has 0 saturated carbocycles. The molecule has 1 unspecified atom stereocenters. The molecule has 4 heteroatoms. The third-order valence-corrected chi connectivity index (χ3v) is 3.38. The van der Waals surface area contributed by atoms with Crippen molar-refractivity contribution in [1.29, 1.82) is 0 Å². The van der Waals surface area contributed by atoms with E-state index in [2.05, 4.69) is 5.10 Å². The van der Waals surface area contributed by atoms with Crippen molar-refractivity contribution >= 4 is 11.8 Å². The zero-order valence-electron chi connectivity index (χ0n) is 9.29. The van der Waals surface area contributed by atoms with E-state index in [1.807, 2.05) is 43.6 Å². The van der Waals surface area contributed by atoms with Crippen LogP contribution < -0.4 is 0 Å². The van der Waals surface area contributed by atoms with E-state index in [-0.39, 0.29) is 0 Å². The van der Waals surface area contributed by atoms with Crippen molar-refractivity contribution in [2.24, 2.45) is 7.05 Å². The molecule has 0 aliphatic carbocycles. The largest absolute Gasteiger partial charge is 0.382 e. The van der Waals surface area contributed by atoms with Crippen LogP contribution in [-0.4, -0.2) is 21.1 Å². The summed E-state index contributed by atoms with van der Waals surface area (Å²) >= 11 is 1.64. The topological polar surface area (TPSA) is 38.1 Å². The number of nitrogens with zero attached hydrogens (tertiary/aromatic N) is 2. The van der Waals surface area contributed by atoms with Crippen LogP contribution in [0.25, 0.3) is 0 Å². The lowest BCUT2D eigenvalue weighted by Crippen LogP contribution is -2.07. The summed E-state index contributed by atoms with van der Waals surface area (Å²) in [6.07, 6.45) is 3.09. The fourth-order valence-corrected chi connectivity index (χ4v) is 2.33. The quantitative estimate of drug-likeness (QED) is 0.828. The van der Waals surface area contributed by atoms with Gasteiger partial charge in [0, 0.05) is 23.7 Å². The second-order valence-electron chi connectivity index (χ2n) is 3.52. The highest BCUT2D eigenvalue weighted by molar-refractivity contribution is 7.98. The van der Waals surface area contributed by atoms with Crippen molar-refractivity contribution in [3.8, 4) is 0 Å². The van der Waals surface area contributed by atoms with Gasteiger partial charge in [0.05, 0.1) is 5.69 Å².